The van der Waals surface area contributed by atoms with Crippen LogP contribution in [0.3, 0.4) is 0 Å². The van der Waals surface area contributed by atoms with Crippen LogP contribution < -0.4 is 4.74 Å². The summed E-state index contributed by atoms with van der Waals surface area (Å²) >= 11 is 5.79. The minimum absolute atomic E-state index is 0.0309. The van der Waals surface area contributed by atoms with Crippen LogP contribution >= 0.6 is 11.6 Å². The van der Waals surface area contributed by atoms with E-state index in [1.165, 1.54) is 30.3 Å². The van der Waals surface area contributed by atoms with Crippen molar-refractivity contribution in [2.75, 3.05) is 6.61 Å². The molecule has 0 spiro atoms. The Morgan fingerprint density at radius 2 is 1.77 bits per heavy atom. The van der Waals surface area contributed by atoms with Crippen LogP contribution in [0, 0.1) is 17.2 Å². The number of nitrogens with zero attached hydrogens (tertiary/aromatic N) is 1. The molecule has 0 aromatic heterocycles. The fraction of sp³-hybridized carbons (Fsp3) is 0.250. The van der Waals surface area contributed by atoms with Gasteiger partial charge in [0.05, 0.1) is 11.5 Å². The molecule has 0 saturated heterocycles. The van der Waals surface area contributed by atoms with Crippen LogP contribution in [-0.2, 0) is 9.84 Å². The number of rotatable bonds is 7. The van der Waals surface area contributed by atoms with Crippen LogP contribution in [-0.4, -0.2) is 15.0 Å². The van der Waals surface area contributed by atoms with Gasteiger partial charge in [0.25, 0.3) is 0 Å². The van der Waals surface area contributed by atoms with Crippen molar-refractivity contribution in [3.8, 4) is 11.8 Å². The third-order valence-electron chi connectivity index (χ3n) is 3.67. The van der Waals surface area contributed by atoms with Crippen LogP contribution in [0.1, 0.15) is 25.8 Å². The molecule has 0 saturated carbocycles. The van der Waals surface area contributed by atoms with Crippen LogP contribution in [0.25, 0.3) is 6.08 Å². The summed E-state index contributed by atoms with van der Waals surface area (Å²) in [5.41, 5.74) is 0.607. The first kappa shape index (κ1) is 20.0. The van der Waals surface area contributed by atoms with E-state index in [1.54, 1.807) is 30.3 Å². The zero-order valence-corrected chi connectivity index (χ0v) is 16.2. The lowest BCUT2D eigenvalue weighted by molar-refractivity contribution is 0.289. The van der Waals surface area contributed by atoms with Crippen molar-refractivity contribution < 1.29 is 13.2 Å². The number of sulfone groups is 1. The van der Waals surface area contributed by atoms with Crippen molar-refractivity contribution in [1.82, 2.24) is 0 Å². The van der Waals surface area contributed by atoms with Gasteiger partial charge in [-0.25, -0.2) is 8.42 Å². The summed E-state index contributed by atoms with van der Waals surface area (Å²) in [7, 11) is -3.89. The summed E-state index contributed by atoms with van der Waals surface area (Å²) in [4.78, 5) is -0.295. The van der Waals surface area contributed by atoms with Gasteiger partial charge in [-0.3, -0.25) is 0 Å². The molecule has 0 fully saturated rings. The highest BCUT2D eigenvalue weighted by Crippen LogP contribution is 2.23. The maximum absolute atomic E-state index is 12.6. The smallest absolute Gasteiger partial charge is 0.216 e. The van der Waals surface area contributed by atoms with E-state index in [0.717, 1.165) is 6.42 Å². The van der Waals surface area contributed by atoms with Gasteiger partial charge in [-0.1, -0.05) is 37.6 Å². The second-order valence-electron chi connectivity index (χ2n) is 6.18. The quantitative estimate of drug-likeness (QED) is 0.617. The van der Waals surface area contributed by atoms with Gasteiger partial charge in [-0.2, -0.15) is 5.26 Å². The third-order valence-corrected chi connectivity index (χ3v) is 5.60. The fourth-order valence-electron chi connectivity index (χ4n) is 2.13. The molecule has 2 aromatic rings. The first-order valence-electron chi connectivity index (χ1n) is 8.18. The molecular weight excluding hydrogens is 370 g/mol. The molecule has 0 atom stereocenters. The lowest BCUT2D eigenvalue weighted by Crippen LogP contribution is -2.03. The van der Waals surface area contributed by atoms with Crippen molar-refractivity contribution >= 4 is 27.5 Å². The molecule has 0 radical (unpaired) electrons. The van der Waals surface area contributed by atoms with E-state index in [9.17, 15) is 13.7 Å². The molecule has 0 aliphatic rings. The molecule has 2 rings (SSSR count). The molecule has 0 amide bonds. The van der Waals surface area contributed by atoms with Crippen molar-refractivity contribution in [1.29, 1.82) is 5.26 Å². The second kappa shape index (κ2) is 8.88. The number of benzene rings is 2. The molecule has 0 aliphatic heterocycles. The molecule has 0 heterocycles. The molecule has 0 N–H and O–H groups in total. The highest BCUT2D eigenvalue weighted by atomic mass is 35.5. The van der Waals surface area contributed by atoms with Crippen molar-refractivity contribution in [3.05, 3.63) is 64.0 Å². The summed E-state index contributed by atoms with van der Waals surface area (Å²) in [6.45, 7) is 4.88. The van der Waals surface area contributed by atoms with E-state index < -0.39 is 9.84 Å². The molecular formula is C20H20ClNO3S. The molecule has 0 bridgehead atoms. The first-order chi connectivity index (χ1) is 12.3. The van der Waals surface area contributed by atoms with Gasteiger partial charge in [-0.15, -0.1) is 0 Å². The Hall–Kier alpha value is -2.29. The molecule has 6 heteroatoms. The zero-order valence-electron chi connectivity index (χ0n) is 14.6. The largest absolute Gasteiger partial charge is 0.494 e. The summed E-state index contributed by atoms with van der Waals surface area (Å²) in [6, 6.07) is 14.5. The average Bonchev–Trinajstić information content (AvgIpc) is 2.61. The van der Waals surface area contributed by atoms with Crippen molar-refractivity contribution in [3.63, 3.8) is 0 Å². The van der Waals surface area contributed by atoms with E-state index in [-0.39, 0.29) is 9.80 Å². The number of nitriles is 1. The number of hydrogen-bond donors (Lipinski definition) is 0. The number of hydrogen-bond acceptors (Lipinski definition) is 4. The number of allylic oxidation sites excluding steroid dienone is 1. The predicted molar refractivity (Wildman–Crippen MR) is 104 cm³/mol. The highest BCUT2D eigenvalue weighted by molar-refractivity contribution is 7.95. The number of halogens is 1. The monoisotopic (exact) mass is 389 g/mol. The Balaban J connectivity index is 2.20. The normalized spacial score (nSPS) is 12.0. The molecule has 2 aromatic carbocycles. The number of ether oxygens (including phenoxy) is 1. The lowest BCUT2D eigenvalue weighted by atomic mass is 10.1. The predicted octanol–water partition coefficient (Wildman–Crippen LogP) is 5.10. The Labute approximate surface area is 159 Å². The minimum Gasteiger partial charge on any atom is -0.494 e. The average molecular weight is 390 g/mol. The van der Waals surface area contributed by atoms with E-state index >= 15 is 0 Å². The van der Waals surface area contributed by atoms with Gasteiger partial charge in [0.15, 0.2) is 0 Å². The molecule has 0 unspecified atom stereocenters. The third kappa shape index (κ3) is 5.35. The summed E-state index contributed by atoms with van der Waals surface area (Å²) in [6.07, 6.45) is 2.31. The van der Waals surface area contributed by atoms with Gasteiger partial charge < -0.3 is 4.74 Å². The molecule has 136 valence electrons. The SMILES string of the molecule is CC(C)CCOc1ccc(C=C(C#N)S(=O)(=O)c2ccc(Cl)cc2)cc1. The van der Waals surface area contributed by atoms with E-state index in [4.69, 9.17) is 16.3 Å². The van der Waals surface area contributed by atoms with E-state index in [1.807, 2.05) is 0 Å². The Morgan fingerprint density at radius 3 is 2.31 bits per heavy atom. The molecule has 4 nitrogen and oxygen atoms in total. The molecule has 26 heavy (non-hydrogen) atoms. The minimum atomic E-state index is -3.89. The lowest BCUT2D eigenvalue weighted by Gasteiger charge is -2.08. The van der Waals surface area contributed by atoms with Gasteiger partial charge in [0.2, 0.25) is 9.84 Å². The Morgan fingerprint density at radius 1 is 1.15 bits per heavy atom. The highest BCUT2D eigenvalue weighted by Gasteiger charge is 2.20. The Kier molecular flexibility index (Phi) is 6.84. The van der Waals surface area contributed by atoms with Gasteiger partial charge in [0, 0.05) is 5.02 Å². The maximum atomic E-state index is 12.6. The van der Waals surface area contributed by atoms with Crippen LogP contribution in [0.4, 0.5) is 0 Å². The van der Waals surface area contributed by atoms with Crippen LogP contribution in [0.15, 0.2) is 58.3 Å². The second-order valence-corrected chi connectivity index (χ2v) is 8.53. The fourth-order valence-corrected chi connectivity index (χ4v) is 3.42. The maximum Gasteiger partial charge on any atom is 0.216 e. The van der Waals surface area contributed by atoms with Crippen molar-refractivity contribution in [2.45, 2.75) is 25.2 Å². The standard InChI is InChI=1S/C20H20ClNO3S/c1-15(2)11-12-25-18-7-3-16(4-8-18)13-20(14-22)26(23,24)19-9-5-17(21)6-10-19/h3-10,13,15H,11-12H2,1-2H3. The van der Waals surface area contributed by atoms with Gasteiger partial charge >= 0.3 is 0 Å². The van der Waals surface area contributed by atoms with Crippen LogP contribution in [0.2, 0.25) is 5.02 Å². The van der Waals surface area contributed by atoms with E-state index in [2.05, 4.69) is 13.8 Å². The van der Waals surface area contributed by atoms with Crippen molar-refractivity contribution in [2.24, 2.45) is 5.92 Å². The molecule has 0 aliphatic carbocycles. The van der Waals surface area contributed by atoms with E-state index in [0.29, 0.717) is 28.9 Å². The van der Waals surface area contributed by atoms with Gasteiger partial charge in [-0.05, 0) is 60.4 Å². The topological polar surface area (TPSA) is 67.2 Å². The summed E-state index contributed by atoms with van der Waals surface area (Å²) < 4.78 is 30.8. The zero-order chi connectivity index (χ0) is 19.2. The first-order valence-corrected chi connectivity index (χ1v) is 10.0. The Bertz CT molecular complexity index is 909. The van der Waals surface area contributed by atoms with Crippen LogP contribution in [0.5, 0.6) is 5.75 Å². The summed E-state index contributed by atoms with van der Waals surface area (Å²) in [5, 5.41) is 9.74. The van der Waals surface area contributed by atoms with Gasteiger partial charge in [0.1, 0.15) is 16.7 Å². The summed E-state index contributed by atoms with van der Waals surface area (Å²) in [5.74, 6) is 1.27.